The summed E-state index contributed by atoms with van der Waals surface area (Å²) in [4.78, 5) is 11.9. The Kier molecular flexibility index (Phi) is 5.46. The van der Waals surface area contributed by atoms with Crippen molar-refractivity contribution in [3.8, 4) is 0 Å². The van der Waals surface area contributed by atoms with Gasteiger partial charge in [0.05, 0.1) is 10.5 Å². The van der Waals surface area contributed by atoms with Crippen LogP contribution in [0.15, 0.2) is 53.4 Å². The van der Waals surface area contributed by atoms with Crippen LogP contribution in [0.1, 0.15) is 22.3 Å². The van der Waals surface area contributed by atoms with Crippen LogP contribution in [0, 0.1) is 5.82 Å². The Bertz CT molecular complexity index is 789. The molecular weight excluding hydrogens is 319 g/mol. The minimum absolute atomic E-state index is 0.0185. The van der Waals surface area contributed by atoms with Gasteiger partial charge in [-0.3, -0.25) is 4.79 Å². The van der Waals surface area contributed by atoms with Crippen LogP contribution in [0.4, 0.5) is 4.39 Å². The van der Waals surface area contributed by atoms with E-state index in [4.69, 9.17) is 5.14 Å². The SMILES string of the molecule is NS(=O)(=O)c1ccc(CCCNC(=O)c2ccccc2F)cc1. The highest BCUT2D eigenvalue weighted by Gasteiger charge is 2.10. The van der Waals surface area contributed by atoms with E-state index in [9.17, 15) is 17.6 Å². The van der Waals surface area contributed by atoms with E-state index < -0.39 is 21.7 Å². The molecule has 5 nitrogen and oxygen atoms in total. The van der Waals surface area contributed by atoms with Crippen LogP contribution in [0.3, 0.4) is 0 Å². The molecule has 122 valence electrons. The van der Waals surface area contributed by atoms with Crippen LogP contribution >= 0.6 is 0 Å². The lowest BCUT2D eigenvalue weighted by molar-refractivity contribution is 0.0949. The molecule has 1 amide bonds. The molecule has 7 heteroatoms. The number of halogens is 1. The fraction of sp³-hybridized carbons (Fsp3) is 0.188. The molecule has 0 aliphatic rings. The normalized spacial score (nSPS) is 11.2. The van der Waals surface area contributed by atoms with Crippen molar-refractivity contribution in [3.05, 3.63) is 65.5 Å². The van der Waals surface area contributed by atoms with Crippen LogP contribution in [-0.2, 0) is 16.4 Å². The molecule has 0 saturated heterocycles. The molecule has 0 saturated carbocycles. The predicted molar refractivity (Wildman–Crippen MR) is 84.9 cm³/mol. The molecule has 2 aromatic carbocycles. The summed E-state index contributed by atoms with van der Waals surface area (Å²) < 4.78 is 35.7. The van der Waals surface area contributed by atoms with E-state index in [1.165, 1.54) is 30.3 Å². The average Bonchev–Trinajstić information content (AvgIpc) is 2.51. The molecule has 0 heterocycles. The van der Waals surface area contributed by atoms with Gasteiger partial charge in [-0.15, -0.1) is 0 Å². The quantitative estimate of drug-likeness (QED) is 0.789. The van der Waals surface area contributed by atoms with Gasteiger partial charge in [0.25, 0.3) is 5.91 Å². The highest BCUT2D eigenvalue weighted by molar-refractivity contribution is 7.89. The van der Waals surface area contributed by atoms with Gasteiger partial charge in [0.15, 0.2) is 0 Å². The number of amides is 1. The summed E-state index contributed by atoms with van der Waals surface area (Å²) in [5.74, 6) is -1.00. The second-order valence-corrected chi connectivity index (χ2v) is 6.59. The zero-order valence-corrected chi connectivity index (χ0v) is 13.1. The molecule has 0 radical (unpaired) electrons. The topological polar surface area (TPSA) is 89.3 Å². The fourth-order valence-corrected chi connectivity index (χ4v) is 2.60. The Balaban J connectivity index is 1.82. The maximum absolute atomic E-state index is 13.4. The van der Waals surface area contributed by atoms with E-state index in [-0.39, 0.29) is 10.5 Å². The van der Waals surface area contributed by atoms with Crippen LogP contribution < -0.4 is 10.5 Å². The molecule has 0 aliphatic carbocycles. The minimum atomic E-state index is -3.68. The van der Waals surface area contributed by atoms with Gasteiger partial charge < -0.3 is 5.32 Å². The zero-order valence-electron chi connectivity index (χ0n) is 12.3. The van der Waals surface area contributed by atoms with Crippen LogP contribution in [0.25, 0.3) is 0 Å². The molecule has 2 aromatic rings. The Morgan fingerprint density at radius 2 is 1.74 bits per heavy atom. The highest BCUT2D eigenvalue weighted by Crippen LogP contribution is 2.10. The molecular formula is C16H17FN2O3S. The summed E-state index contributed by atoms with van der Waals surface area (Å²) in [7, 11) is -3.68. The number of nitrogens with two attached hydrogens (primary N) is 1. The standard InChI is InChI=1S/C16H17FN2O3S/c17-15-6-2-1-5-14(15)16(20)19-11-3-4-12-7-9-13(10-8-12)23(18,21)22/h1-2,5-10H,3-4,11H2,(H,19,20)(H2,18,21,22). The molecule has 0 spiro atoms. The largest absolute Gasteiger partial charge is 0.352 e. The number of primary sulfonamides is 1. The van der Waals surface area contributed by atoms with Gasteiger partial charge in [0, 0.05) is 6.54 Å². The highest BCUT2D eigenvalue weighted by atomic mass is 32.2. The first-order chi connectivity index (χ1) is 10.9. The Morgan fingerprint density at radius 1 is 1.09 bits per heavy atom. The van der Waals surface area contributed by atoms with Crippen molar-refractivity contribution in [3.63, 3.8) is 0 Å². The van der Waals surface area contributed by atoms with Crippen molar-refractivity contribution in [1.82, 2.24) is 5.32 Å². The lowest BCUT2D eigenvalue weighted by atomic mass is 10.1. The predicted octanol–water partition coefficient (Wildman–Crippen LogP) is 1.84. The van der Waals surface area contributed by atoms with Crippen LogP contribution in [0.5, 0.6) is 0 Å². The first-order valence-corrected chi connectivity index (χ1v) is 8.57. The number of hydrogen-bond acceptors (Lipinski definition) is 3. The summed E-state index contributed by atoms with van der Waals surface area (Å²) in [6, 6.07) is 12.0. The summed E-state index contributed by atoms with van der Waals surface area (Å²) in [6.45, 7) is 0.393. The number of rotatable bonds is 6. The van der Waals surface area contributed by atoms with E-state index in [1.807, 2.05) is 0 Å². The molecule has 0 unspecified atom stereocenters. The summed E-state index contributed by atoms with van der Waals surface area (Å²) in [6.07, 6.45) is 1.30. The van der Waals surface area contributed by atoms with Crippen LogP contribution in [-0.4, -0.2) is 20.9 Å². The van der Waals surface area contributed by atoms with E-state index in [2.05, 4.69) is 5.32 Å². The zero-order chi connectivity index (χ0) is 16.9. The van der Waals surface area contributed by atoms with Crippen molar-refractivity contribution in [2.45, 2.75) is 17.7 Å². The van der Waals surface area contributed by atoms with Gasteiger partial charge in [-0.05, 0) is 42.7 Å². The lowest BCUT2D eigenvalue weighted by Gasteiger charge is -2.06. The molecule has 0 aliphatic heterocycles. The maximum Gasteiger partial charge on any atom is 0.254 e. The average molecular weight is 336 g/mol. The smallest absolute Gasteiger partial charge is 0.254 e. The van der Waals surface area contributed by atoms with Gasteiger partial charge >= 0.3 is 0 Å². The fourth-order valence-electron chi connectivity index (χ4n) is 2.08. The van der Waals surface area contributed by atoms with E-state index >= 15 is 0 Å². The van der Waals surface area contributed by atoms with Gasteiger partial charge in [-0.2, -0.15) is 0 Å². The number of benzene rings is 2. The number of aryl methyl sites for hydroxylation is 1. The number of carbonyl (C=O) groups is 1. The number of hydrogen-bond donors (Lipinski definition) is 2. The Labute approximate surface area is 134 Å². The molecule has 23 heavy (non-hydrogen) atoms. The molecule has 2 rings (SSSR count). The second kappa shape index (κ2) is 7.34. The lowest BCUT2D eigenvalue weighted by Crippen LogP contribution is -2.25. The summed E-state index contributed by atoms with van der Waals surface area (Å²) in [5.41, 5.74) is 0.947. The van der Waals surface area contributed by atoms with E-state index in [0.717, 1.165) is 5.56 Å². The van der Waals surface area contributed by atoms with Crippen molar-refractivity contribution < 1.29 is 17.6 Å². The third-order valence-corrected chi connectivity index (χ3v) is 4.23. The van der Waals surface area contributed by atoms with Gasteiger partial charge in [-0.1, -0.05) is 24.3 Å². The van der Waals surface area contributed by atoms with Gasteiger partial charge in [0.1, 0.15) is 5.82 Å². The third kappa shape index (κ3) is 4.87. The first-order valence-electron chi connectivity index (χ1n) is 7.02. The van der Waals surface area contributed by atoms with Crippen molar-refractivity contribution >= 4 is 15.9 Å². The number of carbonyl (C=O) groups excluding carboxylic acids is 1. The third-order valence-electron chi connectivity index (χ3n) is 3.30. The first kappa shape index (κ1) is 17.1. The second-order valence-electron chi connectivity index (χ2n) is 5.03. The van der Waals surface area contributed by atoms with Crippen molar-refractivity contribution in [2.24, 2.45) is 5.14 Å². The minimum Gasteiger partial charge on any atom is -0.352 e. The monoisotopic (exact) mass is 336 g/mol. The number of nitrogens with one attached hydrogen (secondary N) is 1. The van der Waals surface area contributed by atoms with E-state index in [0.29, 0.717) is 19.4 Å². The van der Waals surface area contributed by atoms with Crippen molar-refractivity contribution in [1.29, 1.82) is 0 Å². The van der Waals surface area contributed by atoms with Gasteiger partial charge in [-0.25, -0.2) is 17.9 Å². The molecule has 0 bridgehead atoms. The maximum atomic E-state index is 13.4. The van der Waals surface area contributed by atoms with Crippen LogP contribution in [0.2, 0.25) is 0 Å². The molecule has 0 fully saturated rings. The Morgan fingerprint density at radius 3 is 2.35 bits per heavy atom. The van der Waals surface area contributed by atoms with E-state index in [1.54, 1.807) is 18.2 Å². The molecule has 0 aromatic heterocycles. The number of sulfonamides is 1. The summed E-state index contributed by atoms with van der Waals surface area (Å²) >= 11 is 0. The Hall–Kier alpha value is -2.25. The van der Waals surface area contributed by atoms with Gasteiger partial charge in [0.2, 0.25) is 10.0 Å². The van der Waals surface area contributed by atoms with Crippen molar-refractivity contribution in [2.75, 3.05) is 6.54 Å². The molecule has 3 N–H and O–H groups in total. The molecule has 0 atom stereocenters. The summed E-state index contributed by atoms with van der Waals surface area (Å²) in [5, 5.41) is 7.67.